The van der Waals surface area contributed by atoms with Crippen LogP contribution in [0, 0.1) is 6.92 Å². The highest BCUT2D eigenvalue weighted by molar-refractivity contribution is 6.12. The van der Waals surface area contributed by atoms with E-state index in [0.717, 1.165) is 30.9 Å². The highest BCUT2D eigenvalue weighted by Gasteiger charge is 2.15. The smallest absolute Gasteiger partial charge is 0.0681 e. The van der Waals surface area contributed by atoms with Crippen LogP contribution in [-0.4, -0.2) is 23.7 Å². The van der Waals surface area contributed by atoms with Crippen LogP contribution in [0.4, 0.5) is 0 Å². The number of benzene rings is 1. The summed E-state index contributed by atoms with van der Waals surface area (Å²) < 4.78 is 0. The van der Waals surface area contributed by atoms with E-state index in [1.165, 1.54) is 47.2 Å². The van der Waals surface area contributed by atoms with Crippen molar-refractivity contribution in [2.75, 3.05) is 13.1 Å². The normalized spacial score (nSPS) is 17.2. The van der Waals surface area contributed by atoms with Crippen LogP contribution < -0.4 is 0 Å². The van der Waals surface area contributed by atoms with Crippen LogP contribution >= 0.6 is 0 Å². The van der Waals surface area contributed by atoms with Crippen LogP contribution in [0.25, 0.3) is 5.57 Å². The van der Waals surface area contributed by atoms with Gasteiger partial charge >= 0.3 is 0 Å². The van der Waals surface area contributed by atoms with E-state index < -0.39 is 0 Å². The van der Waals surface area contributed by atoms with Crippen molar-refractivity contribution in [1.82, 2.24) is 4.90 Å². The van der Waals surface area contributed by atoms with Gasteiger partial charge in [0.25, 0.3) is 0 Å². The minimum atomic E-state index is 0.849. The molecule has 1 aliphatic heterocycles. The fraction of sp³-hybridized carbons (Fsp3) is 0.458. The largest absolute Gasteiger partial charge is 0.375 e. The summed E-state index contributed by atoms with van der Waals surface area (Å²) in [7, 11) is 0. The third kappa shape index (κ3) is 5.20. The number of nitrogens with zero attached hydrogens (tertiary/aromatic N) is 2. The Morgan fingerprint density at radius 2 is 1.77 bits per heavy atom. The molecule has 26 heavy (non-hydrogen) atoms. The van der Waals surface area contributed by atoms with Gasteiger partial charge in [-0.05, 0) is 81.7 Å². The fourth-order valence-corrected chi connectivity index (χ4v) is 3.55. The van der Waals surface area contributed by atoms with Gasteiger partial charge in [-0.3, -0.25) is 4.99 Å². The van der Waals surface area contributed by atoms with E-state index in [1.54, 1.807) is 0 Å². The predicted molar refractivity (Wildman–Crippen MR) is 115 cm³/mol. The lowest BCUT2D eigenvalue weighted by atomic mass is 9.95. The predicted octanol–water partition coefficient (Wildman–Crippen LogP) is 6.54. The zero-order chi connectivity index (χ0) is 19.1. The minimum Gasteiger partial charge on any atom is -0.375 e. The Balaban J connectivity index is 2.46. The molecular formula is C24H34N2. The first-order valence-electron chi connectivity index (χ1n) is 9.87. The van der Waals surface area contributed by atoms with E-state index in [4.69, 9.17) is 4.99 Å². The lowest BCUT2D eigenvalue weighted by Gasteiger charge is -2.31. The summed E-state index contributed by atoms with van der Waals surface area (Å²) in [6.07, 6.45) is 7.17. The molecule has 0 aromatic heterocycles. The van der Waals surface area contributed by atoms with Crippen LogP contribution in [0.1, 0.15) is 64.5 Å². The summed E-state index contributed by atoms with van der Waals surface area (Å²) in [5.74, 6) is 0. The molecule has 0 atom stereocenters. The molecule has 0 unspecified atom stereocenters. The lowest BCUT2D eigenvalue weighted by Crippen LogP contribution is -2.29. The molecule has 1 heterocycles. The maximum absolute atomic E-state index is 4.80. The van der Waals surface area contributed by atoms with Crippen molar-refractivity contribution in [2.24, 2.45) is 4.99 Å². The van der Waals surface area contributed by atoms with Crippen molar-refractivity contribution in [3.63, 3.8) is 0 Å². The van der Waals surface area contributed by atoms with Crippen LogP contribution in [0.5, 0.6) is 0 Å². The number of hydrogen-bond acceptors (Lipinski definition) is 2. The number of piperidine rings is 1. The molecule has 0 spiro atoms. The number of likely N-dealkylation sites (tertiary alicyclic amines) is 1. The lowest BCUT2D eigenvalue weighted by molar-refractivity contribution is 0.284. The third-order valence-corrected chi connectivity index (χ3v) is 5.25. The standard InChI is InChI=1S/C24H34N2/c1-7-22(23-14-10-9-13-19(23)4)17-24(25-18(2)3)20(5)21(6)26-15-11-8-12-16-26/h9-10,13-14,17H,2,7-8,11-12,15-16H2,1,3-6H3/b21-20+,22-17+,25-24?. The third-order valence-electron chi connectivity index (χ3n) is 5.25. The first kappa shape index (κ1) is 20.2. The fourth-order valence-electron chi connectivity index (χ4n) is 3.55. The summed E-state index contributed by atoms with van der Waals surface area (Å²) in [6, 6.07) is 8.60. The number of allylic oxidation sites excluding steroid dienone is 5. The van der Waals surface area contributed by atoms with Crippen LogP contribution in [-0.2, 0) is 0 Å². The maximum atomic E-state index is 4.80. The van der Waals surface area contributed by atoms with Crippen molar-refractivity contribution >= 4 is 11.3 Å². The van der Waals surface area contributed by atoms with Crippen molar-refractivity contribution < 1.29 is 0 Å². The van der Waals surface area contributed by atoms with Gasteiger partial charge in [-0.15, -0.1) is 0 Å². The van der Waals surface area contributed by atoms with Crippen molar-refractivity contribution in [3.8, 4) is 0 Å². The first-order chi connectivity index (χ1) is 12.4. The van der Waals surface area contributed by atoms with Gasteiger partial charge in [-0.1, -0.05) is 37.8 Å². The van der Waals surface area contributed by atoms with Crippen molar-refractivity contribution in [2.45, 2.75) is 60.3 Å². The molecule has 2 heteroatoms. The average Bonchev–Trinajstić information content (AvgIpc) is 2.65. The Labute approximate surface area is 160 Å². The van der Waals surface area contributed by atoms with Gasteiger partial charge < -0.3 is 4.90 Å². The van der Waals surface area contributed by atoms with E-state index in [1.807, 2.05) is 6.92 Å². The molecule has 0 N–H and O–H groups in total. The monoisotopic (exact) mass is 350 g/mol. The van der Waals surface area contributed by atoms with Crippen molar-refractivity contribution in [1.29, 1.82) is 0 Å². The molecule has 2 rings (SSSR count). The second kappa shape index (κ2) is 9.56. The number of rotatable bonds is 6. The molecule has 0 amide bonds. The number of hydrogen-bond donors (Lipinski definition) is 0. The SMILES string of the molecule is C=C(C)N=C(/C=C(\CC)c1ccccc1C)/C(C)=C(\C)N1CCCCC1. The summed E-state index contributed by atoms with van der Waals surface area (Å²) in [4.78, 5) is 7.31. The molecular weight excluding hydrogens is 316 g/mol. The molecule has 0 bridgehead atoms. The van der Waals surface area contributed by atoms with E-state index in [9.17, 15) is 0 Å². The summed E-state index contributed by atoms with van der Waals surface area (Å²) >= 11 is 0. The molecule has 1 aromatic carbocycles. The van der Waals surface area contributed by atoms with Gasteiger partial charge in [0.2, 0.25) is 0 Å². The van der Waals surface area contributed by atoms with Crippen LogP contribution in [0.15, 0.2) is 58.9 Å². The molecule has 0 aliphatic carbocycles. The molecule has 0 radical (unpaired) electrons. The Morgan fingerprint density at radius 1 is 1.12 bits per heavy atom. The Morgan fingerprint density at radius 3 is 2.35 bits per heavy atom. The molecule has 1 aromatic rings. The zero-order valence-corrected chi connectivity index (χ0v) is 17.2. The quantitative estimate of drug-likeness (QED) is 0.532. The maximum Gasteiger partial charge on any atom is 0.0681 e. The Kier molecular flexibility index (Phi) is 7.44. The van der Waals surface area contributed by atoms with Gasteiger partial charge in [0.15, 0.2) is 0 Å². The second-order valence-corrected chi connectivity index (χ2v) is 7.33. The summed E-state index contributed by atoms with van der Waals surface area (Å²) in [5, 5.41) is 0. The van der Waals surface area contributed by atoms with Gasteiger partial charge in [0.1, 0.15) is 0 Å². The zero-order valence-electron chi connectivity index (χ0n) is 17.2. The van der Waals surface area contributed by atoms with E-state index in [-0.39, 0.29) is 0 Å². The molecule has 0 saturated carbocycles. The summed E-state index contributed by atoms with van der Waals surface area (Å²) in [6.45, 7) is 17.1. The van der Waals surface area contributed by atoms with Gasteiger partial charge in [0.05, 0.1) is 5.71 Å². The Hall–Kier alpha value is -2.09. The van der Waals surface area contributed by atoms with E-state index in [0.29, 0.717) is 0 Å². The van der Waals surface area contributed by atoms with Gasteiger partial charge in [0, 0.05) is 24.5 Å². The number of aryl methyl sites for hydroxylation is 1. The van der Waals surface area contributed by atoms with Crippen molar-refractivity contribution in [3.05, 3.63) is 65.0 Å². The Bertz CT molecular complexity index is 728. The topological polar surface area (TPSA) is 15.6 Å². The average molecular weight is 351 g/mol. The van der Waals surface area contributed by atoms with E-state index in [2.05, 4.69) is 69.5 Å². The van der Waals surface area contributed by atoms with Crippen LogP contribution in [0.2, 0.25) is 0 Å². The molecule has 1 aliphatic rings. The minimum absolute atomic E-state index is 0.849. The highest BCUT2D eigenvalue weighted by atomic mass is 15.1. The molecule has 1 fully saturated rings. The van der Waals surface area contributed by atoms with Gasteiger partial charge in [-0.2, -0.15) is 0 Å². The molecule has 2 nitrogen and oxygen atoms in total. The summed E-state index contributed by atoms with van der Waals surface area (Å²) in [5.41, 5.74) is 8.45. The first-order valence-corrected chi connectivity index (χ1v) is 9.87. The van der Waals surface area contributed by atoms with E-state index >= 15 is 0 Å². The second-order valence-electron chi connectivity index (χ2n) is 7.33. The molecule has 140 valence electrons. The highest BCUT2D eigenvalue weighted by Crippen LogP contribution is 2.25. The number of aliphatic imine (C=N–C) groups is 1. The molecule has 1 saturated heterocycles. The van der Waals surface area contributed by atoms with Crippen LogP contribution in [0.3, 0.4) is 0 Å². The van der Waals surface area contributed by atoms with Gasteiger partial charge in [-0.25, -0.2) is 0 Å².